The third-order valence-electron chi connectivity index (χ3n) is 2.45. The SMILES string of the molecule is Cc1cccc2cc(C(=O)O)c(O)cc12. The Morgan fingerprint density at radius 2 is 2.00 bits per heavy atom. The van der Waals surface area contributed by atoms with Crippen molar-refractivity contribution < 1.29 is 15.0 Å². The van der Waals surface area contributed by atoms with Gasteiger partial charge in [0.05, 0.1) is 0 Å². The third kappa shape index (κ3) is 1.52. The van der Waals surface area contributed by atoms with Crippen LogP contribution < -0.4 is 0 Å². The first-order valence-electron chi connectivity index (χ1n) is 4.55. The van der Waals surface area contributed by atoms with Gasteiger partial charge < -0.3 is 10.2 Å². The van der Waals surface area contributed by atoms with Gasteiger partial charge in [-0.25, -0.2) is 4.79 Å². The highest BCUT2D eigenvalue weighted by molar-refractivity contribution is 5.98. The molecule has 76 valence electrons. The topological polar surface area (TPSA) is 57.5 Å². The number of hydrogen-bond acceptors (Lipinski definition) is 2. The molecule has 0 aliphatic rings. The molecule has 2 rings (SSSR count). The Labute approximate surface area is 86.6 Å². The van der Waals surface area contributed by atoms with Crippen molar-refractivity contribution in [3.63, 3.8) is 0 Å². The monoisotopic (exact) mass is 202 g/mol. The van der Waals surface area contributed by atoms with E-state index in [4.69, 9.17) is 5.11 Å². The van der Waals surface area contributed by atoms with Crippen LogP contribution in [0.5, 0.6) is 5.75 Å². The lowest BCUT2D eigenvalue weighted by Crippen LogP contribution is -1.96. The van der Waals surface area contributed by atoms with E-state index in [1.165, 1.54) is 12.1 Å². The van der Waals surface area contributed by atoms with E-state index >= 15 is 0 Å². The van der Waals surface area contributed by atoms with E-state index in [0.717, 1.165) is 16.3 Å². The molecule has 0 amide bonds. The molecule has 0 saturated carbocycles. The normalized spacial score (nSPS) is 10.5. The molecule has 0 aromatic heterocycles. The molecule has 0 unspecified atom stereocenters. The summed E-state index contributed by atoms with van der Waals surface area (Å²) in [6, 6.07) is 8.59. The molecule has 2 aromatic carbocycles. The fourth-order valence-corrected chi connectivity index (χ4v) is 1.64. The van der Waals surface area contributed by atoms with Gasteiger partial charge in [0.15, 0.2) is 0 Å². The molecule has 0 saturated heterocycles. The van der Waals surface area contributed by atoms with E-state index < -0.39 is 5.97 Å². The molecule has 0 aliphatic carbocycles. The Balaban J connectivity index is 2.82. The van der Waals surface area contributed by atoms with E-state index in [1.807, 2.05) is 25.1 Å². The second-order valence-corrected chi connectivity index (χ2v) is 3.47. The van der Waals surface area contributed by atoms with Gasteiger partial charge in [-0.3, -0.25) is 0 Å². The number of carbonyl (C=O) groups is 1. The molecule has 15 heavy (non-hydrogen) atoms. The lowest BCUT2D eigenvalue weighted by molar-refractivity contribution is 0.0694. The Morgan fingerprint density at radius 3 is 2.67 bits per heavy atom. The van der Waals surface area contributed by atoms with Crippen LogP contribution in [0.15, 0.2) is 30.3 Å². The minimum absolute atomic E-state index is 0.0619. The zero-order valence-corrected chi connectivity index (χ0v) is 8.19. The Hall–Kier alpha value is -2.03. The summed E-state index contributed by atoms with van der Waals surface area (Å²) in [5.41, 5.74) is 0.952. The highest BCUT2D eigenvalue weighted by atomic mass is 16.4. The maximum Gasteiger partial charge on any atom is 0.339 e. The van der Waals surface area contributed by atoms with E-state index in [-0.39, 0.29) is 11.3 Å². The lowest BCUT2D eigenvalue weighted by atomic mass is 10.0. The van der Waals surface area contributed by atoms with Crippen LogP contribution in [0.4, 0.5) is 0 Å². The fraction of sp³-hybridized carbons (Fsp3) is 0.0833. The molecule has 0 radical (unpaired) electrons. The minimum Gasteiger partial charge on any atom is -0.507 e. The smallest absolute Gasteiger partial charge is 0.339 e. The molecule has 3 heteroatoms. The number of phenols is 1. The van der Waals surface area contributed by atoms with Crippen LogP contribution in [0.25, 0.3) is 10.8 Å². The Bertz CT molecular complexity index is 544. The molecular formula is C12H10O3. The third-order valence-corrected chi connectivity index (χ3v) is 2.45. The minimum atomic E-state index is -1.11. The summed E-state index contributed by atoms with van der Waals surface area (Å²) >= 11 is 0. The molecule has 0 aliphatic heterocycles. The average Bonchev–Trinajstić information content (AvgIpc) is 2.18. The molecule has 0 atom stereocenters. The van der Waals surface area contributed by atoms with Crippen molar-refractivity contribution in [2.75, 3.05) is 0 Å². The summed E-state index contributed by atoms with van der Waals surface area (Å²) in [7, 11) is 0. The first-order chi connectivity index (χ1) is 7.09. The lowest BCUT2D eigenvalue weighted by Gasteiger charge is -2.05. The molecule has 0 spiro atoms. The summed E-state index contributed by atoms with van der Waals surface area (Å²) in [5.74, 6) is -1.31. The molecule has 0 fully saturated rings. The number of fused-ring (bicyclic) bond motifs is 1. The van der Waals surface area contributed by atoms with Crippen LogP contribution in [0.1, 0.15) is 15.9 Å². The molecule has 0 bridgehead atoms. The number of carboxylic acids is 1. The van der Waals surface area contributed by atoms with E-state index in [0.29, 0.717) is 0 Å². The van der Waals surface area contributed by atoms with Crippen LogP contribution >= 0.6 is 0 Å². The summed E-state index contributed by atoms with van der Waals surface area (Å²) < 4.78 is 0. The fourth-order valence-electron chi connectivity index (χ4n) is 1.64. The number of carboxylic acid groups (broad SMARTS) is 1. The second-order valence-electron chi connectivity index (χ2n) is 3.47. The number of rotatable bonds is 1. The van der Waals surface area contributed by atoms with Crippen molar-refractivity contribution >= 4 is 16.7 Å². The van der Waals surface area contributed by atoms with Crippen LogP contribution in [0.2, 0.25) is 0 Å². The van der Waals surface area contributed by atoms with Crippen molar-refractivity contribution in [2.24, 2.45) is 0 Å². The molecular weight excluding hydrogens is 192 g/mol. The summed E-state index contributed by atoms with van der Waals surface area (Å²) in [6.07, 6.45) is 0. The van der Waals surface area contributed by atoms with Gasteiger partial charge in [-0.05, 0) is 35.4 Å². The number of aryl methyl sites for hydroxylation is 1. The van der Waals surface area contributed by atoms with Crippen molar-refractivity contribution in [1.82, 2.24) is 0 Å². The first-order valence-corrected chi connectivity index (χ1v) is 4.55. The highest BCUT2D eigenvalue weighted by Gasteiger charge is 2.11. The van der Waals surface area contributed by atoms with Gasteiger partial charge in [0, 0.05) is 0 Å². The van der Waals surface area contributed by atoms with Crippen LogP contribution in [0.3, 0.4) is 0 Å². The zero-order valence-electron chi connectivity index (χ0n) is 8.19. The van der Waals surface area contributed by atoms with Gasteiger partial charge in [0.2, 0.25) is 0 Å². The van der Waals surface area contributed by atoms with Gasteiger partial charge in [0.25, 0.3) is 0 Å². The van der Waals surface area contributed by atoms with Crippen LogP contribution in [-0.4, -0.2) is 16.2 Å². The van der Waals surface area contributed by atoms with Gasteiger partial charge in [0.1, 0.15) is 11.3 Å². The maximum absolute atomic E-state index is 10.8. The number of hydrogen-bond donors (Lipinski definition) is 2. The Morgan fingerprint density at radius 1 is 1.27 bits per heavy atom. The van der Waals surface area contributed by atoms with E-state index in [1.54, 1.807) is 0 Å². The van der Waals surface area contributed by atoms with Crippen molar-refractivity contribution in [2.45, 2.75) is 6.92 Å². The predicted octanol–water partition coefficient (Wildman–Crippen LogP) is 2.55. The predicted molar refractivity (Wildman–Crippen MR) is 57.3 cm³/mol. The Kier molecular flexibility index (Phi) is 2.08. The molecule has 2 aromatic rings. The van der Waals surface area contributed by atoms with Crippen molar-refractivity contribution in [1.29, 1.82) is 0 Å². The van der Waals surface area contributed by atoms with Crippen LogP contribution in [-0.2, 0) is 0 Å². The second kappa shape index (κ2) is 3.28. The van der Waals surface area contributed by atoms with E-state index in [9.17, 15) is 9.90 Å². The molecule has 3 nitrogen and oxygen atoms in total. The standard InChI is InChI=1S/C12H10O3/c1-7-3-2-4-8-5-10(12(14)15)11(13)6-9(7)8/h2-6,13H,1H3,(H,14,15). The average molecular weight is 202 g/mol. The number of benzene rings is 2. The van der Waals surface area contributed by atoms with Gasteiger partial charge in [-0.2, -0.15) is 0 Å². The maximum atomic E-state index is 10.8. The quantitative estimate of drug-likeness (QED) is 0.747. The van der Waals surface area contributed by atoms with Crippen LogP contribution in [0, 0.1) is 6.92 Å². The largest absolute Gasteiger partial charge is 0.507 e. The summed E-state index contributed by atoms with van der Waals surface area (Å²) in [6.45, 7) is 1.92. The first kappa shape index (κ1) is 9.52. The van der Waals surface area contributed by atoms with E-state index in [2.05, 4.69) is 0 Å². The van der Waals surface area contributed by atoms with Gasteiger partial charge in [-0.15, -0.1) is 0 Å². The zero-order chi connectivity index (χ0) is 11.0. The number of aromatic hydroxyl groups is 1. The summed E-state index contributed by atoms with van der Waals surface area (Å²) in [4.78, 5) is 10.8. The van der Waals surface area contributed by atoms with Crippen molar-refractivity contribution in [3.05, 3.63) is 41.5 Å². The summed E-state index contributed by atoms with van der Waals surface area (Å²) in [5, 5.41) is 20.1. The molecule has 0 heterocycles. The van der Waals surface area contributed by atoms with Gasteiger partial charge >= 0.3 is 5.97 Å². The molecule has 2 N–H and O–H groups in total. The highest BCUT2D eigenvalue weighted by Crippen LogP contribution is 2.27. The number of aromatic carboxylic acids is 1. The van der Waals surface area contributed by atoms with Gasteiger partial charge in [-0.1, -0.05) is 18.2 Å². The van der Waals surface area contributed by atoms with Crippen molar-refractivity contribution in [3.8, 4) is 5.75 Å².